The fourth-order valence-electron chi connectivity index (χ4n) is 5.07. The maximum atomic E-state index is 12.9. The summed E-state index contributed by atoms with van der Waals surface area (Å²) in [5.74, 6) is 0.216. The van der Waals surface area contributed by atoms with E-state index in [2.05, 4.69) is 52.6 Å². The van der Waals surface area contributed by atoms with Crippen LogP contribution in [-0.2, 0) is 6.42 Å². The molecule has 0 aliphatic carbocycles. The lowest BCUT2D eigenvalue weighted by Gasteiger charge is -2.33. The second-order valence-electron chi connectivity index (χ2n) is 10.1. The molecule has 2 N–H and O–H groups in total. The number of nitrogens with one attached hydrogen (secondary N) is 2. The van der Waals surface area contributed by atoms with E-state index in [0.29, 0.717) is 18.7 Å². The zero-order chi connectivity index (χ0) is 25.3. The van der Waals surface area contributed by atoms with E-state index in [9.17, 15) is 9.59 Å². The fraction of sp³-hybridized carbons (Fsp3) is 0.517. The summed E-state index contributed by atoms with van der Waals surface area (Å²) in [6.45, 7) is 9.69. The van der Waals surface area contributed by atoms with E-state index < -0.39 is 0 Å². The molecule has 0 bridgehead atoms. The summed E-state index contributed by atoms with van der Waals surface area (Å²) in [5.41, 5.74) is 3.91. The SMILES string of the molecule is CCc1ccc(NC(=O)N2CCCC(c3cccc(C(=O)NCCCN4CCN(C)CC4)c3)C2)cc1. The predicted octanol–water partition coefficient (Wildman–Crippen LogP) is 4.03. The molecule has 2 heterocycles. The van der Waals surface area contributed by atoms with Crippen LogP contribution in [0.15, 0.2) is 48.5 Å². The maximum Gasteiger partial charge on any atom is 0.321 e. The van der Waals surface area contributed by atoms with Crippen LogP contribution in [0.4, 0.5) is 10.5 Å². The van der Waals surface area contributed by atoms with Crippen molar-refractivity contribution in [3.63, 3.8) is 0 Å². The third-order valence-electron chi connectivity index (χ3n) is 7.47. The zero-order valence-electron chi connectivity index (χ0n) is 21.8. The van der Waals surface area contributed by atoms with Gasteiger partial charge in [0.2, 0.25) is 0 Å². The standard InChI is InChI=1S/C29H41N5O2/c1-3-23-10-12-27(13-11-23)31-29(36)34-16-5-9-26(22-34)24-7-4-8-25(21-24)28(35)30-14-6-15-33-19-17-32(2)18-20-33/h4,7-8,10-13,21,26H,3,5-6,9,14-20,22H2,1-2H3,(H,30,35)(H,31,36). The Kier molecular flexibility index (Phi) is 9.36. The maximum absolute atomic E-state index is 12.9. The van der Waals surface area contributed by atoms with Crippen molar-refractivity contribution in [2.45, 2.75) is 38.5 Å². The molecular formula is C29H41N5O2. The second kappa shape index (κ2) is 12.9. The molecule has 3 amide bonds. The number of piperazine rings is 1. The first-order valence-electron chi connectivity index (χ1n) is 13.5. The number of hydrogen-bond donors (Lipinski definition) is 2. The number of likely N-dealkylation sites (tertiary alicyclic amines) is 1. The minimum absolute atomic E-state index is 0.0174. The number of nitrogens with zero attached hydrogens (tertiary/aromatic N) is 3. The molecule has 2 aromatic rings. The minimum Gasteiger partial charge on any atom is -0.352 e. The Hall–Kier alpha value is -2.90. The van der Waals surface area contributed by atoms with Gasteiger partial charge in [0.15, 0.2) is 0 Å². The molecule has 0 aromatic heterocycles. The first-order chi connectivity index (χ1) is 17.5. The number of benzene rings is 2. The monoisotopic (exact) mass is 491 g/mol. The van der Waals surface area contributed by atoms with Crippen molar-refractivity contribution >= 4 is 17.6 Å². The van der Waals surface area contributed by atoms with Crippen molar-refractivity contribution in [3.05, 3.63) is 65.2 Å². The van der Waals surface area contributed by atoms with Gasteiger partial charge in [-0.1, -0.05) is 31.2 Å². The Balaban J connectivity index is 1.26. The van der Waals surface area contributed by atoms with Gasteiger partial charge < -0.3 is 25.3 Å². The summed E-state index contributed by atoms with van der Waals surface area (Å²) < 4.78 is 0. The highest BCUT2D eigenvalue weighted by atomic mass is 16.2. The summed E-state index contributed by atoms with van der Waals surface area (Å²) in [4.78, 5) is 32.4. The molecule has 0 spiro atoms. The summed E-state index contributed by atoms with van der Waals surface area (Å²) in [7, 11) is 2.16. The quantitative estimate of drug-likeness (QED) is 0.547. The lowest BCUT2D eigenvalue weighted by Crippen LogP contribution is -2.45. The number of urea groups is 1. The average molecular weight is 492 g/mol. The van der Waals surface area contributed by atoms with E-state index >= 15 is 0 Å². The normalized spacial score (nSPS) is 19.2. The molecule has 2 aromatic carbocycles. The van der Waals surface area contributed by atoms with Gasteiger partial charge in [-0.2, -0.15) is 0 Å². The van der Waals surface area contributed by atoms with Gasteiger partial charge in [0.05, 0.1) is 0 Å². The highest BCUT2D eigenvalue weighted by Crippen LogP contribution is 2.28. The van der Waals surface area contributed by atoms with Crippen LogP contribution < -0.4 is 10.6 Å². The molecule has 4 rings (SSSR count). The Morgan fingerprint density at radius 2 is 1.78 bits per heavy atom. The second-order valence-corrected chi connectivity index (χ2v) is 10.1. The molecule has 2 fully saturated rings. The lowest BCUT2D eigenvalue weighted by molar-refractivity contribution is 0.0949. The van der Waals surface area contributed by atoms with Crippen molar-refractivity contribution in [2.24, 2.45) is 0 Å². The fourth-order valence-corrected chi connectivity index (χ4v) is 5.07. The number of aryl methyl sites for hydroxylation is 1. The van der Waals surface area contributed by atoms with Gasteiger partial charge in [-0.15, -0.1) is 0 Å². The van der Waals surface area contributed by atoms with Crippen LogP contribution in [0.1, 0.15) is 53.6 Å². The number of carbonyl (C=O) groups excluding carboxylic acids is 2. The van der Waals surface area contributed by atoms with E-state index in [1.165, 1.54) is 5.56 Å². The van der Waals surface area contributed by atoms with Gasteiger partial charge in [-0.3, -0.25) is 4.79 Å². The molecule has 1 unspecified atom stereocenters. The van der Waals surface area contributed by atoms with Crippen LogP contribution in [0.5, 0.6) is 0 Å². The molecule has 7 nitrogen and oxygen atoms in total. The third-order valence-corrected chi connectivity index (χ3v) is 7.47. The van der Waals surface area contributed by atoms with Gasteiger partial charge in [0, 0.05) is 63.0 Å². The lowest BCUT2D eigenvalue weighted by atomic mass is 9.89. The smallest absolute Gasteiger partial charge is 0.321 e. The predicted molar refractivity (Wildman–Crippen MR) is 146 cm³/mol. The molecule has 1 atom stereocenters. The van der Waals surface area contributed by atoms with Crippen LogP contribution in [0.25, 0.3) is 0 Å². The Labute approximate surface area is 215 Å². The average Bonchev–Trinajstić information content (AvgIpc) is 2.92. The number of piperidine rings is 1. The van der Waals surface area contributed by atoms with E-state index in [1.54, 1.807) is 0 Å². The molecule has 2 aliphatic rings. The van der Waals surface area contributed by atoms with Gasteiger partial charge in [-0.25, -0.2) is 4.79 Å². The first-order valence-corrected chi connectivity index (χ1v) is 13.5. The highest BCUT2D eigenvalue weighted by Gasteiger charge is 2.25. The highest BCUT2D eigenvalue weighted by molar-refractivity contribution is 5.94. The Morgan fingerprint density at radius 1 is 1.00 bits per heavy atom. The number of rotatable bonds is 8. The van der Waals surface area contributed by atoms with Crippen molar-refractivity contribution in [3.8, 4) is 0 Å². The van der Waals surface area contributed by atoms with Crippen LogP contribution in [0.2, 0.25) is 0 Å². The summed E-state index contributed by atoms with van der Waals surface area (Å²) >= 11 is 0. The van der Waals surface area contributed by atoms with Gasteiger partial charge in [0.25, 0.3) is 5.91 Å². The van der Waals surface area contributed by atoms with Gasteiger partial charge >= 0.3 is 6.03 Å². The number of hydrogen-bond acceptors (Lipinski definition) is 4. The summed E-state index contributed by atoms with van der Waals surface area (Å²) in [6.07, 6.45) is 3.92. The van der Waals surface area contributed by atoms with Crippen LogP contribution in [-0.4, -0.2) is 86.0 Å². The van der Waals surface area contributed by atoms with E-state index in [0.717, 1.165) is 76.2 Å². The largest absolute Gasteiger partial charge is 0.352 e. The van der Waals surface area contributed by atoms with Crippen LogP contribution in [0, 0.1) is 0 Å². The van der Waals surface area contributed by atoms with Crippen molar-refractivity contribution in [1.82, 2.24) is 20.0 Å². The minimum atomic E-state index is -0.0572. The number of carbonyl (C=O) groups is 2. The third kappa shape index (κ3) is 7.31. The molecule has 7 heteroatoms. The van der Waals surface area contributed by atoms with Crippen LogP contribution in [0.3, 0.4) is 0 Å². The van der Waals surface area contributed by atoms with Gasteiger partial charge in [0.1, 0.15) is 0 Å². The van der Waals surface area contributed by atoms with Gasteiger partial charge in [-0.05, 0) is 74.7 Å². The molecule has 0 radical (unpaired) electrons. The number of likely N-dealkylation sites (N-methyl/N-ethyl adjacent to an activating group) is 1. The number of amides is 3. The first kappa shape index (κ1) is 26.2. The molecule has 2 aliphatic heterocycles. The van der Waals surface area contributed by atoms with Crippen molar-refractivity contribution < 1.29 is 9.59 Å². The summed E-state index contributed by atoms with van der Waals surface area (Å²) in [6, 6.07) is 15.9. The molecule has 36 heavy (non-hydrogen) atoms. The van der Waals surface area contributed by atoms with Crippen molar-refractivity contribution in [2.75, 3.05) is 64.7 Å². The molecule has 2 saturated heterocycles. The van der Waals surface area contributed by atoms with E-state index in [-0.39, 0.29) is 17.9 Å². The summed E-state index contributed by atoms with van der Waals surface area (Å²) in [5, 5.41) is 6.13. The zero-order valence-corrected chi connectivity index (χ0v) is 21.8. The van der Waals surface area contributed by atoms with Crippen LogP contribution >= 0.6 is 0 Å². The molecule has 194 valence electrons. The Morgan fingerprint density at radius 3 is 2.53 bits per heavy atom. The van der Waals surface area contributed by atoms with Crippen molar-refractivity contribution in [1.29, 1.82) is 0 Å². The van der Waals surface area contributed by atoms with E-state index in [1.807, 2.05) is 35.2 Å². The number of anilines is 1. The topological polar surface area (TPSA) is 67.9 Å². The van der Waals surface area contributed by atoms with E-state index in [4.69, 9.17) is 0 Å². The molecular weight excluding hydrogens is 450 g/mol. The molecule has 0 saturated carbocycles. The Bertz CT molecular complexity index is 1000.